The van der Waals surface area contributed by atoms with Crippen molar-refractivity contribution in [2.24, 2.45) is 0 Å². The van der Waals surface area contributed by atoms with Crippen LogP contribution in [0.4, 0.5) is 0 Å². The third-order valence-corrected chi connectivity index (χ3v) is 3.50. The second kappa shape index (κ2) is 4.91. The molecule has 0 nitrogen and oxygen atoms in total. The average Bonchev–Trinajstić information content (AvgIpc) is 2.25. The van der Waals surface area contributed by atoms with Crippen molar-refractivity contribution in [2.75, 3.05) is 0 Å². The van der Waals surface area contributed by atoms with E-state index in [1.807, 2.05) is 0 Å². The van der Waals surface area contributed by atoms with Crippen LogP contribution in [0, 0.1) is 0 Å². The van der Waals surface area contributed by atoms with Crippen molar-refractivity contribution in [1.29, 1.82) is 0 Å². The lowest BCUT2D eigenvalue weighted by molar-refractivity contribution is 0.568. The third kappa shape index (κ3) is 3.48. The van der Waals surface area contributed by atoms with Crippen molar-refractivity contribution < 1.29 is 0 Å². The van der Waals surface area contributed by atoms with E-state index in [4.69, 9.17) is 0 Å². The van der Waals surface area contributed by atoms with E-state index in [1.165, 1.54) is 22.3 Å². The number of hydrogen-bond acceptors (Lipinski definition) is 0. The molecule has 100 valence electrons. The Morgan fingerprint density at radius 1 is 0.889 bits per heavy atom. The van der Waals surface area contributed by atoms with E-state index in [-0.39, 0.29) is 10.8 Å². The molecule has 0 aliphatic carbocycles. The Labute approximate surface area is 113 Å². The van der Waals surface area contributed by atoms with Crippen molar-refractivity contribution >= 4 is 5.57 Å². The normalized spacial score (nSPS) is 12.6. The van der Waals surface area contributed by atoms with Gasteiger partial charge in [-0.1, -0.05) is 73.2 Å². The van der Waals surface area contributed by atoms with Gasteiger partial charge in [0.05, 0.1) is 0 Å². The average molecular weight is 244 g/mol. The molecule has 0 saturated carbocycles. The second-order valence-electron chi connectivity index (χ2n) is 7.26. The van der Waals surface area contributed by atoms with Crippen LogP contribution in [0.2, 0.25) is 0 Å². The largest absolute Gasteiger partial charge is 0.0952 e. The van der Waals surface area contributed by atoms with Gasteiger partial charge in [-0.25, -0.2) is 0 Å². The van der Waals surface area contributed by atoms with Gasteiger partial charge < -0.3 is 0 Å². The van der Waals surface area contributed by atoms with Crippen molar-refractivity contribution in [3.8, 4) is 0 Å². The van der Waals surface area contributed by atoms with Gasteiger partial charge in [0.25, 0.3) is 0 Å². The molecular formula is C18H28. The summed E-state index contributed by atoms with van der Waals surface area (Å²) in [4.78, 5) is 0. The van der Waals surface area contributed by atoms with Crippen LogP contribution in [-0.4, -0.2) is 0 Å². The highest BCUT2D eigenvalue weighted by molar-refractivity contribution is 5.65. The predicted molar refractivity (Wildman–Crippen MR) is 83.2 cm³/mol. The van der Waals surface area contributed by atoms with E-state index in [2.05, 4.69) is 73.2 Å². The highest BCUT2D eigenvalue weighted by atomic mass is 14.2. The van der Waals surface area contributed by atoms with E-state index in [0.29, 0.717) is 0 Å². The second-order valence-corrected chi connectivity index (χ2v) is 7.26. The number of hydrogen-bond donors (Lipinski definition) is 0. The van der Waals surface area contributed by atoms with Crippen molar-refractivity contribution in [3.05, 3.63) is 41.5 Å². The molecule has 18 heavy (non-hydrogen) atoms. The van der Waals surface area contributed by atoms with E-state index in [0.717, 1.165) is 6.42 Å². The molecule has 0 N–H and O–H groups in total. The van der Waals surface area contributed by atoms with Crippen molar-refractivity contribution in [2.45, 2.75) is 65.7 Å². The minimum absolute atomic E-state index is 0.185. The zero-order valence-electron chi connectivity index (χ0n) is 13.1. The smallest absolute Gasteiger partial charge is 0.0132 e. The van der Waals surface area contributed by atoms with Crippen molar-refractivity contribution in [3.63, 3.8) is 0 Å². The molecule has 0 aromatic heterocycles. The zero-order valence-corrected chi connectivity index (χ0v) is 13.1. The molecule has 0 fully saturated rings. The van der Waals surface area contributed by atoms with Crippen LogP contribution >= 0.6 is 0 Å². The number of benzene rings is 1. The third-order valence-electron chi connectivity index (χ3n) is 3.50. The summed E-state index contributed by atoms with van der Waals surface area (Å²) in [5, 5.41) is 0. The predicted octanol–water partition coefficient (Wildman–Crippen LogP) is 5.70. The molecule has 0 aliphatic rings. The summed E-state index contributed by atoms with van der Waals surface area (Å²) in [6.07, 6.45) is 1.01. The number of rotatable bonds is 2. The first-order valence-electron chi connectivity index (χ1n) is 6.90. The Bertz CT molecular complexity index is 404. The lowest BCUT2D eigenvalue weighted by Gasteiger charge is -2.26. The van der Waals surface area contributed by atoms with Gasteiger partial charge >= 0.3 is 0 Å². The van der Waals surface area contributed by atoms with E-state index >= 15 is 0 Å². The summed E-state index contributed by atoms with van der Waals surface area (Å²) in [7, 11) is 0. The lowest BCUT2D eigenvalue weighted by Crippen LogP contribution is -2.16. The van der Waals surface area contributed by atoms with Gasteiger partial charge in [0.1, 0.15) is 0 Å². The van der Waals surface area contributed by atoms with Gasteiger partial charge in [-0.2, -0.15) is 0 Å². The first-order chi connectivity index (χ1) is 8.05. The lowest BCUT2D eigenvalue weighted by atomic mass is 9.79. The Morgan fingerprint density at radius 3 is 1.56 bits per heavy atom. The van der Waals surface area contributed by atoms with Crippen LogP contribution < -0.4 is 0 Å². The maximum absolute atomic E-state index is 4.19. The Balaban J connectivity index is 3.44. The minimum Gasteiger partial charge on any atom is -0.0952 e. The highest BCUT2D eigenvalue weighted by Crippen LogP contribution is 2.32. The van der Waals surface area contributed by atoms with Gasteiger partial charge in [-0.15, -0.1) is 0 Å². The summed E-state index contributed by atoms with van der Waals surface area (Å²) >= 11 is 0. The molecule has 1 aromatic carbocycles. The summed E-state index contributed by atoms with van der Waals surface area (Å²) in [5.41, 5.74) is 5.70. The minimum atomic E-state index is 0.185. The molecule has 0 radical (unpaired) electrons. The molecule has 1 rings (SSSR count). The van der Waals surface area contributed by atoms with Gasteiger partial charge in [-0.05, 0) is 39.5 Å². The van der Waals surface area contributed by atoms with Crippen LogP contribution in [0.15, 0.2) is 24.8 Å². The summed E-state index contributed by atoms with van der Waals surface area (Å²) in [6.45, 7) is 20.0. The maximum atomic E-state index is 4.19. The zero-order chi connectivity index (χ0) is 14.1. The molecule has 0 aliphatic heterocycles. The van der Waals surface area contributed by atoms with Gasteiger partial charge in [0, 0.05) is 0 Å². The Morgan fingerprint density at radius 2 is 1.28 bits per heavy atom. The Kier molecular flexibility index (Phi) is 4.10. The SMILES string of the molecule is C=C(CC)c1cc(C(C)(C)C)cc(C(C)(C)C)c1. The molecule has 0 heterocycles. The van der Waals surface area contributed by atoms with Crippen LogP contribution in [0.5, 0.6) is 0 Å². The summed E-state index contributed by atoms with van der Waals surface area (Å²) in [5.74, 6) is 0. The quantitative estimate of drug-likeness (QED) is 0.625. The van der Waals surface area contributed by atoms with Crippen LogP contribution in [0.25, 0.3) is 5.57 Å². The maximum Gasteiger partial charge on any atom is -0.0132 e. The molecule has 0 bridgehead atoms. The Hall–Kier alpha value is -1.04. The molecule has 0 amide bonds. The van der Waals surface area contributed by atoms with Gasteiger partial charge in [0.15, 0.2) is 0 Å². The van der Waals surface area contributed by atoms with E-state index in [9.17, 15) is 0 Å². The van der Waals surface area contributed by atoms with Crippen LogP contribution in [-0.2, 0) is 10.8 Å². The topological polar surface area (TPSA) is 0 Å². The molecule has 0 saturated heterocycles. The molecule has 0 heteroatoms. The van der Waals surface area contributed by atoms with Gasteiger partial charge in [-0.3, -0.25) is 0 Å². The standard InChI is InChI=1S/C18H28/c1-9-13(2)14-10-15(17(3,4)5)12-16(11-14)18(6,7)8/h10-12H,2,9H2,1,3-8H3. The fourth-order valence-electron chi connectivity index (χ4n) is 1.90. The molecular weight excluding hydrogens is 216 g/mol. The first kappa shape index (κ1) is 15.0. The highest BCUT2D eigenvalue weighted by Gasteiger charge is 2.20. The van der Waals surface area contributed by atoms with Crippen molar-refractivity contribution in [1.82, 2.24) is 0 Å². The van der Waals surface area contributed by atoms with Crippen LogP contribution in [0.3, 0.4) is 0 Å². The van der Waals surface area contributed by atoms with E-state index in [1.54, 1.807) is 0 Å². The molecule has 0 unspecified atom stereocenters. The molecule has 0 atom stereocenters. The fraction of sp³-hybridized carbons (Fsp3) is 0.556. The van der Waals surface area contributed by atoms with E-state index < -0.39 is 0 Å². The summed E-state index contributed by atoms with van der Waals surface area (Å²) in [6, 6.07) is 6.97. The fourth-order valence-corrected chi connectivity index (χ4v) is 1.90. The molecule has 0 spiro atoms. The van der Waals surface area contributed by atoms with Crippen LogP contribution in [0.1, 0.15) is 71.6 Å². The monoisotopic (exact) mass is 244 g/mol. The number of allylic oxidation sites excluding steroid dienone is 1. The summed E-state index contributed by atoms with van der Waals surface area (Å²) < 4.78 is 0. The first-order valence-corrected chi connectivity index (χ1v) is 6.90. The van der Waals surface area contributed by atoms with Gasteiger partial charge in [0.2, 0.25) is 0 Å². The molecule has 1 aromatic rings.